The first-order chi connectivity index (χ1) is 49.9. The van der Waals surface area contributed by atoms with Crippen molar-refractivity contribution in [2.75, 3.05) is 52.6 Å². The minimum Gasteiger partial charge on any atom is -0.508 e. The summed E-state index contributed by atoms with van der Waals surface area (Å²) < 4.78 is 21.8. The lowest BCUT2D eigenvalue weighted by Gasteiger charge is -2.26. The first-order valence-corrected chi connectivity index (χ1v) is 35.0. The van der Waals surface area contributed by atoms with E-state index in [1.807, 2.05) is 70.2 Å². The molecular formula is C76H110N12O18. The van der Waals surface area contributed by atoms with Gasteiger partial charge in [0.1, 0.15) is 59.4 Å². The summed E-state index contributed by atoms with van der Waals surface area (Å²) in [5.74, 6) is -7.97. The fraction of sp³-hybridized carbons (Fsp3) is 0.539. The van der Waals surface area contributed by atoms with Crippen LogP contribution in [-0.4, -0.2) is 163 Å². The van der Waals surface area contributed by atoms with Crippen LogP contribution in [0.25, 0.3) is 20.9 Å². The highest BCUT2D eigenvalue weighted by molar-refractivity contribution is 5.96. The monoisotopic (exact) mass is 1480 g/mol. The van der Waals surface area contributed by atoms with Gasteiger partial charge in [0.05, 0.1) is 39.3 Å². The number of esters is 1. The number of rotatable bonds is 41. The summed E-state index contributed by atoms with van der Waals surface area (Å²) in [6.45, 7) is 28.5. The van der Waals surface area contributed by atoms with Gasteiger partial charge < -0.3 is 75.8 Å². The van der Waals surface area contributed by atoms with Crippen molar-refractivity contribution in [2.45, 2.75) is 192 Å². The molecule has 0 aliphatic carbocycles. The van der Waals surface area contributed by atoms with Crippen LogP contribution >= 0.6 is 0 Å². The Morgan fingerprint density at radius 2 is 0.896 bits per heavy atom. The number of hydrogen-bond acceptors (Lipinski definition) is 18. The van der Waals surface area contributed by atoms with Gasteiger partial charge >= 0.3 is 11.9 Å². The molecule has 0 aliphatic rings. The molecule has 4 aromatic rings. The van der Waals surface area contributed by atoms with E-state index in [1.54, 1.807) is 45.0 Å². The molecule has 0 unspecified atom stereocenters. The Bertz CT molecular complexity index is 3540. The number of carboxylic acid groups (broad SMARTS) is 2. The zero-order chi connectivity index (χ0) is 80.1. The van der Waals surface area contributed by atoms with Crippen molar-refractivity contribution < 1.29 is 87.0 Å². The predicted octanol–water partition coefficient (Wildman–Crippen LogP) is 9.38. The second-order valence-corrected chi connectivity index (χ2v) is 27.2. The molecule has 30 heteroatoms. The number of aromatic hydroxyl groups is 1. The molecule has 6 amide bonds. The number of nitrogens with one attached hydrogen (secondary N) is 6. The molecule has 4 rings (SSSR count). The van der Waals surface area contributed by atoms with Crippen molar-refractivity contribution in [3.63, 3.8) is 0 Å². The fourth-order valence-corrected chi connectivity index (χ4v) is 10.2. The standard InChI is InChI=1S/C37H52N6O8.C26H38N6O8.C11H16.C2H4O2/c1-25(2)20-31(36(48)42-32(23-33(45)51-37(4,5)6)35(47)39-16-18-49-19-17-40-43-38)41-34(46)29(21-26(3)44)22-27-12-14-30(15-13-27)50-24-28-10-8-7-9-11-28;1-16(2)12-21(30-24(37)19(13-17(3)33)14-18-4-6-20(34)7-5-18)26(39)31-22(15-23(35)36)25(38)28-8-10-40-11-9-29-32-27;1-7-6-8(2)10(4)11(5)9(7)3;1-2(3)4/h7-15,25,29,31-32H,16-24H2,1-6H3,(H,39,47)(H,41,46)(H,42,48);4-7,16,19,21-22,34H,8-15H2,1-3H3,(H,28,38)(H,30,37)(H,31,39)(H,35,36);6H,1-5H3;1H3,(H,3,4)/t29-,31+,32-;19-,21+,22-;;/m00../s1. The summed E-state index contributed by atoms with van der Waals surface area (Å²) in [7, 11) is 0. The van der Waals surface area contributed by atoms with Gasteiger partial charge in [-0.1, -0.05) is 98.6 Å². The Balaban J connectivity index is 0.000000899. The molecule has 0 saturated heterocycles. The molecule has 0 aromatic heterocycles. The molecule has 0 spiro atoms. The van der Waals surface area contributed by atoms with Crippen LogP contribution < -0.4 is 36.6 Å². The molecule has 0 radical (unpaired) electrons. The number of carboxylic acids is 2. The molecular weight excluding hydrogens is 1370 g/mol. The molecule has 0 aliphatic heterocycles. The molecule has 0 heterocycles. The lowest BCUT2D eigenvalue weighted by molar-refractivity contribution is -0.156. The molecule has 4 aromatic carbocycles. The number of phenolic OH excluding ortho intramolecular Hbond substituents is 1. The average Bonchev–Trinajstić information content (AvgIpc) is 0.846. The number of aryl methyl sites for hydroxylation is 2. The van der Waals surface area contributed by atoms with Crippen molar-refractivity contribution in [2.24, 2.45) is 33.9 Å². The predicted molar refractivity (Wildman–Crippen MR) is 399 cm³/mol. The molecule has 30 nitrogen and oxygen atoms in total. The van der Waals surface area contributed by atoms with Crippen LogP contribution in [0, 0.1) is 58.3 Å². The van der Waals surface area contributed by atoms with Crippen molar-refractivity contribution in [3.8, 4) is 11.5 Å². The molecule has 0 fully saturated rings. The second-order valence-electron chi connectivity index (χ2n) is 27.2. The Morgan fingerprint density at radius 3 is 1.27 bits per heavy atom. The number of nitrogens with zero attached hydrogens (tertiary/aromatic N) is 6. The number of Topliss-reactive ketones (excluding diaryl/α,β-unsaturated/α-hetero) is 2. The number of carbonyl (C=O) groups is 11. The highest BCUT2D eigenvalue weighted by Crippen LogP contribution is 2.23. The van der Waals surface area contributed by atoms with Crippen LogP contribution in [0.4, 0.5) is 0 Å². The van der Waals surface area contributed by atoms with Gasteiger partial charge in [0, 0.05) is 67.6 Å². The fourth-order valence-electron chi connectivity index (χ4n) is 10.2. The number of hydrogen-bond donors (Lipinski definition) is 9. The number of aliphatic carboxylic acids is 2. The average molecular weight is 1480 g/mol. The Labute approximate surface area is 621 Å². The van der Waals surface area contributed by atoms with Crippen LogP contribution in [0.2, 0.25) is 0 Å². The van der Waals surface area contributed by atoms with E-state index in [9.17, 15) is 58.2 Å². The summed E-state index contributed by atoms with van der Waals surface area (Å²) in [6.07, 6.45) is -0.383. The first kappa shape index (κ1) is 93.6. The lowest BCUT2D eigenvalue weighted by atomic mass is 9.92. The number of ether oxygens (including phenoxy) is 4. The van der Waals surface area contributed by atoms with Gasteiger partial charge in [-0.05, 0) is 187 Å². The van der Waals surface area contributed by atoms with E-state index in [0.717, 1.165) is 18.1 Å². The minimum atomic E-state index is -1.41. The third-order valence-electron chi connectivity index (χ3n) is 15.6. The maximum absolute atomic E-state index is 13.7. The summed E-state index contributed by atoms with van der Waals surface area (Å²) in [6, 6.07) is 20.6. The van der Waals surface area contributed by atoms with Gasteiger partial charge in [-0.3, -0.25) is 43.2 Å². The number of carbonyl (C=O) groups excluding carboxylic acids is 9. The third-order valence-corrected chi connectivity index (χ3v) is 15.6. The molecule has 0 saturated carbocycles. The largest absolute Gasteiger partial charge is 0.508 e. The maximum Gasteiger partial charge on any atom is 0.308 e. The van der Waals surface area contributed by atoms with Crippen LogP contribution in [0.1, 0.15) is 152 Å². The van der Waals surface area contributed by atoms with Crippen LogP contribution in [0.15, 0.2) is 95.2 Å². The quantitative estimate of drug-likeness (QED) is 0.00656. The third kappa shape index (κ3) is 42.4. The van der Waals surface area contributed by atoms with Gasteiger partial charge in [0.2, 0.25) is 35.4 Å². The Morgan fingerprint density at radius 1 is 0.500 bits per heavy atom. The lowest BCUT2D eigenvalue weighted by Crippen LogP contribution is -2.55. The zero-order valence-electron chi connectivity index (χ0n) is 63.9. The van der Waals surface area contributed by atoms with Gasteiger partial charge in [-0.15, -0.1) is 0 Å². The van der Waals surface area contributed by atoms with Crippen molar-refractivity contribution in [1.82, 2.24) is 31.9 Å². The van der Waals surface area contributed by atoms with Crippen molar-refractivity contribution in [1.29, 1.82) is 0 Å². The number of phenols is 1. The SMILES string of the molecule is CC(=O)C[C@@H](Cc1ccc(O)cc1)C(=O)N[C@H](CC(C)C)C(=O)N[C@@H](CC(=O)O)C(=O)NCCOCCN=[N+]=[N-].CC(=O)C[C@@H](Cc1ccc(OCc2ccccc2)cc1)C(=O)N[C@H](CC(C)C)C(=O)N[C@@H](CC(=O)OC(C)(C)C)C(=O)NCCOCCN=[N+]=[N-].CC(=O)O.Cc1cc(C)c(C)c(C)c1C. The summed E-state index contributed by atoms with van der Waals surface area (Å²) in [5, 5.41) is 48.5. The van der Waals surface area contributed by atoms with Crippen LogP contribution in [0.3, 0.4) is 0 Å². The van der Waals surface area contributed by atoms with E-state index < -0.39 is 108 Å². The van der Waals surface area contributed by atoms with E-state index in [0.29, 0.717) is 17.9 Å². The summed E-state index contributed by atoms with van der Waals surface area (Å²) >= 11 is 0. The van der Waals surface area contributed by atoms with Gasteiger partial charge in [0.15, 0.2) is 0 Å². The van der Waals surface area contributed by atoms with Gasteiger partial charge in [0.25, 0.3) is 5.97 Å². The normalized spacial score (nSPS) is 12.3. The molecule has 582 valence electrons. The van der Waals surface area contributed by atoms with Crippen molar-refractivity contribution in [3.05, 3.63) is 150 Å². The topological polar surface area (TPSA) is 455 Å². The number of azide groups is 2. The van der Waals surface area contributed by atoms with E-state index >= 15 is 0 Å². The van der Waals surface area contributed by atoms with Crippen LogP contribution in [0.5, 0.6) is 11.5 Å². The highest BCUT2D eigenvalue weighted by atomic mass is 16.6. The zero-order valence-corrected chi connectivity index (χ0v) is 63.9. The van der Waals surface area contributed by atoms with E-state index in [1.165, 1.54) is 53.8 Å². The van der Waals surface area contributed by atoms with Gasteiger partial charge in [-0.2, -0.15) is 0 Å². The molecule has 6 atom stereocenters. The van der Waals surface area contributed by atoms with E-state index in [2.05, 4.69) is 92.6 Å². The summed E-state index contributed by atoms with van der Waals surface area (Å²) in [5.41, 5.74) is 25.5. The van der Waals surface area contributed by atoms with Crippen LogP contribution in [-0.2, 0) is 86.4 Å². The first-order valence-electron chi connectivity index (χ1n) is 35.0. The number of benzene rings is 4. The Kier molecular flexibility index (Phi) is 44.9. The van der Waals surface area contributed by atoms with E-state index in [-0.39, 0.29) is 120 Å². The number of amides is 6. The second kappa shape index (κ2) is 50.9. The summed E-state index contributed by atoms with van der Waals surface area (Å²) in [4.78, 5) is 142. The highest BCUT2D eigenvalue weighted by Gasteiger charge is 2.34. The molecule has 0 bridgehead atoms. The Hall–Kier alpha value is -10.4. The minimum absolute atomic E-state index is 0.0250. The van der Waals surface area contributed by atoms with E-state index in [4.69, 9.17) is 39.9 Å². The molecule has 106 heavy (non-hydrogen) atoms. The van der Waals surface area contributed by atoms with Crippen molar-refractivity contribution >= 4 is 64.9 Å². The number of ketones is 2. The maximum atomic E-state index is 13.7. The molecule has 9 N–H and O–H groups in total. The smallest absolute Gasteiger partial charge is 0.308 e. The van der Waals surface area contributed by atoms with Gasteiger partial charge in [-0.25, -0.2) is 0 Å².